The predicted molar refractivity (Wildman–Crippen MR) is 67.0 cm³/mol. The average molecular weight is 253 g/mol. The molecule has 2 aliphatic carbocycles. The molecule has 18 heavy (non-hydrogen) atoms. The molecule has 0 spiro atoms. The monoisotopic (exact) mass is 253 g/mol. The van der Waals surface area contributed by atoms with E-state index < -0.39 is 0 Å². The van der Waals surface area contributed by atoms with E-state index in [1.165, 1.54) is 25.7 Å². The zero-order valence-electron chi connectivity index (χ0n) is 10.9. The second kappa shape index (κ2) is 5.17. The number of fused-ring (bicyclic) bond motifs is 2. The van der Waals surface area contributed by atoms with Crippen LogP contribution < -0.4 is 0 Å². The number of carbonyl (C=O) groups is 1. The summed E-state index contributed by atoms with van der Waals surface area (Å²) in [5.41, 5.74) is 0. The van der Waals surface area contributed by atoms with Crippen molar-refractivity contribution in [1.82, 2.24) is 4.90 Å². The van der Waals surface area contributed by atoms with E-state index in [0.29, 0.717) is 25.6 Å². The van der Waals surface area contributed by atoms with E-state index in [4.69, 9.17) is 9.84 Å². The highest BCUT2D eigenvalue weighted by Crippen LogP contribution is 2.49. The van der Waals surface area contributed by atoms with Crippen molar-refractivity contribution in [3.8, 4) is 0 Å². The number of aliphatic hydroxyl groups excluding tert-OH is 1. The van der Waals surface area contributed by atoms with Gasteiger partial charge in [0.25, 0.3) is 0 Å². The van der Waals surface area contributed by atoms with Crippen molar-refractivity contribution in [3.63, 3.8) is 0 Å². The maximum Gasteiger partial charge on any atom is 0.223 e. The fourth-order valence-corrected chi connectivity index (χ4v) is 4.04. The first-order valence-corrected chi connectivity index (χ1v) is 7.26. The minimum absolute atomic E-state index is 0.0118. The number of hydrogen-bond donors (Lipinski definition) is 1. The number of aliphatic hydroxyl groups is 1. The Morgan fingerprint density at radius 2 is 2.22 bits per heavy atom. The highest BCUT2D eigenvalue weighted by Gasteiger charge is 2.40. The quantitative estimate of drug-likeness (QED) is 0.817. The first kappa shape index (κ1) is 12.4. The molecule has 1 amide bonds. The molecule has 102 valence electrons. The Labute approximate surface area is 108 Å². The lowest BCUT2D eigenvalue weighted by atomic mass is 9.86. The first-order valence-electron chi connectivity index (χ1n) is 7.26. The summed E-state index contributed by atoms with van der Waals surface area (Å²) in [6.07, 6.45) is 5.90. The van der Waals surface area contributed by atoms with Crippen LogP contribution in [0, 0.1) is 17.8 Å². The molecule has 0 aromatic heterocycles. The normalized spacial score (nSPS) is 39.3. The van der Waals surface area contributed by atoms with Crippen LogP contribution in [-0.2, 0) is 9.53 Å². The highest BCUT2D eigenvalue weighted by atomic mass is 16.5. The molecular formula is C14H23NO3. The second-order valence-electron chi connectivity index (χ2n) is 6.15. The number of carbonyl (C=O) groups excluding carboxylic acids is 1. The summed E-state index contributed by atoms with van der Waals surface area (Å²) in [7, 11) is 0. The summed E-state index contributed by atoms with van der Waals surface area (Å²) in [4.78, 5) is 14.2. The molecular weight excluding hydrogens is 230 g/mol. The standard InChI is InChI=1S/C14H23NO3/c16-9-13-8-15(3-4-18-13)14(17)7-12-6-10-1-2-11(12)5-10/h10-13,16H,1-9H2. The second-order valence-corrected chi connectivity index (χ2v) is 6.15. The van der Waals surface area contributed by atoms with E-state index in [1.807, 2.05) is 4.90 Å². The Balaban J connectivity index is 1.52. The third-order valence-corrected chi connectivity index (χ3v) is 5.02. The van der Waals surface area contributed by atoms with Crippen molar-refractivity contribution in [2.24, 2.45) is 17.8 Å². The van der Waals surface area contributed by atoms with Crippen LogP contribution in [0.15, 0.2) is 0 Å². The molecule has 1 saturated heterocycles. The van der Waals surface area contributed by atoms with Crippen molar-refractivity contribution in [2.75, 3.05) is 26.3 Å². The van der Waals surface area contributed by atoms with Gasteiger partial charge in [0, 0.05) is 19.5 Å². The van der Waals surface area contributed by atoms with Crippen LogP contribution in [0.4, 0.5) is 0 Å². The van der Waals surface area contributed by atoms with Crippen molar-refractivity contribution in [2.45, 2.75) is 38.2 Å². The third-order valence-electron chi connectivity index (χ3n) is 5.02. The van der Waals surface area contributed by atoms with Gasteiger partial charge in [0.15, 0.2) is 0 Å². The van der Waals surface area contributed by atoms with Gasteiger partial charge < -0.3 is 14.7 Å². The molecule has 1 heterocycles. The number of nitrogens with zero attached hydrogens (tertiary/aromatic N) is 1. The van der Waals surface area contributed by atoms with E-state index in [9.17, 15) is 4.79 Å². The van der Waals surface area contributed by atoms with Gasteiger partial charge in [-0.05, 0) is 37.0 Å². The summed E-state index contributed by atoms with van der Waals surface area (Å²) in [5, 5.41) is 9.10. The summed E-state index contributed by atoms with van der Waals surface area (Å²) in [5.74, 6) is 2.62. The fraction of sp³-hybridized carbons (Fsp3) is 0.929. The Bertz CT molecular complexity index is 320. The van der Waals surface area contributed by atoms with Gasteiger partial charge >= 0.3 is 0 Å². The molecule has 4 atom stereocenters. The zero-order valence-corrected chi connectivity index (χ0v) is 10.9. The Hall–Kier alpha value is -0.610. The summed E-state index contributed by atoms with van der Waals surface area (Å²) < 4.78 is 5.38. The lowest BCUT2D eigenvalue weighted by Gasteiger charge is -2.33. The number of rotatable bonds is 3. The Morgan fingerprint density at radius 1 is 1.33 bits per heavy atom. The van der Waals surface area contributed by atoms with Gasteiger partial charge in [0.2, 0.25) is 5.91 Å². The summed E-state index contributed by atoms with van der Waals surface area (Å²) in [6, 6.07) is 0. The van der Waals surface area contributed by atoms with E-state index in [1.54, 1.807) is 0 Å². The lowest BCUT2D eigenvalue weighted by Crippen LogP contribution is -2.47. The molecule has 1 aliphatic heterocycles. The van der Waals surface area contributed by atoms with E-state index in [0.717, 1.165) is 18.3 Å². The molecule has 1 N–H and O–H groups in total. The summed E-state index contributed by atoms with van der Waals surface area (Å²) >= 11 is 0. The highest BCUT2D eigenvalue weighted by molar-refractivity contribution is 5.76. The smallest absolute Gasteiger partial charge is 0.223 e. The lowest BCUT2D eigenvalue weighted by molar-refractivity contribution is -0.141. The Kier molecular flexibility index (Phi) is 3.57. The van der Waals surface area contributed by atoms with Gasteiger partial charge in [-0.3, -0.25) is 4.79 Å². The van der Waals surface area contributed by atoms with Crippen LogP contribution in [0.1, 0.15) is 32.1 Å². The van der Waals surface area contributed by atoms with Crippen molar-refractivity contribution < 1.29 is 14.6 Å². The maximum atomic E-state index is 12.3. The van der Waals surface area contributed by atoms with Crippen LogP contribution >= 0.6 is 0 Å². The van der Waals surface area contributed by atoms with Crippen LogP contribution in [0.5, 0.6) is 0 Å². The molecule has 3 rings (SSSR count). The van der Waals surface area contributed by atoms with Crippen LogP contribution in [0.25, 0.3) is 0 Å². The fourth-order valence-electron chi connectivity index (χ4n) is 4.04. The molecule has 4 heteroatoms. The molecule has 0 radical (unpaired) electrons. The van der Waals surface area contributed by atoms with E-state index in [2.05, 4.69) is 0 Å². The van der Waals surface area contributed by atoms with Crippen molar-refractivity contribution >= 4 is 5.91 Å². The minimum atomic E-state index is -0.178. The molecule has 0 aromatic carbocycles. The number of hydrogen-bond acceptors (Lipinski definition) is 3. The number of ether oxygens (including phenoxy) is 1. The average Bonchev–Trinajstić information content (AvgIpc) is 3.01. The third kappa shape index (κ3) is 2.41. The van der Waals surface area contributed by atoms with Gasteiger partial charge in [0.05, 0.1) is 19.3 Å². The Morgan fingerprint density at radius 3 is 2.89 bits per heavy atom. The predicted octanol–water partition coefficient (Wildman–Crippen LogP) is 1.03. The maximum absolute atomic E-state index is 12.3. The largest absolute Gasteiger partial charge is 0.394 e. The molecule has 3 aliphatic rings. The SMILES string of the molecule is O=C(CC1CC2CCC1C2)N1CCOC(CO)C1. The molecule has 4 unspecified atom stereocenters. The summed E-state index contributed by atoms with van der Waals surface area (Å²) in [6.45, 7) is 1.83. The number of morpholine rings is 1. The van der Waals surface area contributed by atoms with Gasteiger partial charge in [-0.15, -0.1) is 0 Å². The van der Waals surface area contributed by atoms with Crippen LogP contribution in [-0.4, -0.2) is 48.3 Å². The van der Waals surface area contributed by atoms with Crippen molar-refractivity contribution in [1.29, 1.82) is 0 Å². The molecule has 2 bridgehead atoms. The molecule has 3 fully saturated rings. The van der Waals surface area contributed by atoms with Gasteiger partial charge in [-0.2, -0.15) is 0 Å². The van der Waals surface area contributed by atoms with Crippen LogP contribution in [0.2, 0.25) is 0 Å². The number of amides is 1. The minimum Gasteiger partial charge on any atom is -0.394 e. The van der Waals surface area contributed by atoms with E-state index >= 15 is 0 Å². The molecule has 0 aromatic rings. The van der Waals surface area contributed by atoms with E-state index in [-0.39, 0.29) is 18.6 Å². The zero-order chi connectivity index (χ0) is 12.5. The van der Waals surface area contributed by atoms with Crippen LogP contribution in [0.3, 0.4) is 0 Å². The molecule has 2 saturated carbocycles. The van der Waals surface area contributed by atoms with Gasteiger partial charge in [-0.1, -0.05) is 6.42 Å². The van der Waals surface area contributed by atoms with Gasteiger partial charge in [0.1, 0.15) is 0 Å². The topological polar surface area (TPSA) is 49.8 Å². The molecule has 4 nitrogen and oxygen atoms in total. The van der Waals surface area contributed by atoms with Gasteiger partial charge in [-0.25, -0.2) is 0 Å². The first-order chi connectivity index (χ1) is 8.76. The van der Waals surface area contributed by atoms with Crippen molar-refractivity contribution in [3.05, 3.63) is 0 Å².